The van der Waals surface area contributed by atoms with Gasteiger partial charge in [-0.2, -0.15) is 0 Å². The number of hydrogen-bond donors (Lipinski definition) is 0. The third kappa shape index (κ3) is 4.13. The molecule has 37 heavy (non-hydrogen) atoms. The summed E-state index contributed by atoms with van der Waals surface area (Å²) in [7, 11) is -0.720. The molecule has 0 saturated carbocycles. The number of aromatic nitrogens is 3. The molecule has 0 radical (unpaired) electrons. The zero-order valence-electron chi connectivity index (χ0n) is 20.3. The van der Waals surface area contributed by atoms with Crippen LogP contribution in [-0.4, -0.2) is 75.0 Å². The van der Waals surface area contributed by atoms with Gasteiger partial charge in [0.05, 0.1) is 24.2 Å². The van der Waals surface area contributed by atoms with E-state index in [9.17, 15) is 4.21 Å². The minimum atomic E-state index is -0.720. The van der Waals surface area contributed by atoms with E-state index in [1.807, 2.05) is 24.4 Å². The van der Waals surface area contributed by atoms with Crippen LogP contribution >= 0.6 is 0 Å². The first-order valence-corrected chi connectivity index (χ1v) is 14.1. The van der Waals surface area contributed by atoms with E-state index in [1.54, 1.807) is 0 Å². The van der Waals surface area contributed by atoms with E-state index >= 15 is 4.39 Å². The Labute approximate surface area is 215 Å². The molecule has 8 nitrogen and oxygen atoms in total. The number of furan rings is 1. The first-order chi connectivity index (χ1) is 18.1. The van der Waals surface area contributed by atoms with Gasteiger partial charge in [-0.25, -0.2) is 19.3 Å². The molecule has 1 aromatic carbocycles. The van der Waals surface area contributed by atoms with Crippen LogP contribution in [0, 0.1) is 5.82 Å². The van der Waals surface area contributed by atoms with Crippen LogP contribution in [0.1, 0.15) is 16.7 Å². The minimum Gasteiger partial charge on any atom is -0.432 e. The molecule has 5 heterocycles. The SMILES string of the molecule is O=S1CCN(Cc2cnc3oc4c(N5CCOCC5)nc(-c5c(F)ccc6c5C=CC6)nc4c3c2)CC1. The monoisotopic (exact) mass is 519 g/mol. The second-order valence-corrected chi connectivity index (χ2v) is 11.4. The molecular formula is C27H26FN5O3S. The highest BCUT2D eigenvalue weighted by Crippen LogP contribution is 2.38. The molecule has 10 heteroatoms. The molecule has 2 saturated heterocycles. The van der Waals surface area contributed by atoms with Crippen LogP contribution in [-0.2, 0) is 28.5 Å². The molecule has 7 rings (SSSR count). The Morgan fingerprint density at radius 3 is 2.76 bits per heavy atom. The summed E-state index contributed by atoms with van der Waals surface area (Å²) in [4.78, 5) is 18.8. The molecule has 0 unspecified atom stereocenters. The topological polar surface area (TPSA) is 84.6 Å². The van der Waals surface area contributed by atoms with E-state index < -0.39 is 10.8 Å². The standard InChI is InChI=1S/C27H26FN5O3S/c28-21-5-4-18-2-1-3-19(18)22(21)25-30-23-20-14-17(16-32-8-12-37(34)13-9-32)15-29-27(20)36-24(23)26(31-25)33-6-10-35-11-7-33/h1,3-5,14-15H,2,6-13,16H2. The summed E-state index contributed by atoms with van der Waals surface area (Å²) in [6.07, 6.45) is 6.59. The number of fused-ring (bicyclic) bond motifs is 4. The Hall–Kier alpha value is -3.21. The lowest BCUT2D eigenvalue weighted by atomic mass is 10.0. The zero-order valence-corrected chi connectivity index (χ0v) is 21.1. The molecule has 3 aromatic heterocycles. The second-order valence-electron chi connectivity index (χ2n) is 9.67. The van der Waals surface area contributed by atoms with Crippen LogP contribution in [0.15, 0.2) is 34.9 Å². The van der Waals surface area contributed by atoms with E-state index in [4.69, 9.17) is 19.1 Å². The van der Waals surface area contributed by atoms with Gasteiger partial charge >= 0.3 is 0 Å². The summed E-state index contributed by atoms with van der Waals surface area (Å²) in [6, 6.07) is 5.39. The third-order valence-electron chi connectivity index (χ3n) is 7.33. The van der Waals surface area contributed by atoms with Gasteiger partial charge in [-0.15, -0.1) is 0 Å². The van der Waals surface area contributed by atoms with Crippen molar-refractivity contribution in [2.75, 3.05) is 55.8 Å². The van der Waals surface area contributed by atoms with Gasteiger partial charge < -0.3 is 14.1 Å². The van der Waals surface area contributed by atoms with Gasteiger partial charge in [-0.1, -0.05) is 18.2 Å². The zero-order chi connectivity index (χ0) is 24.9. The molecular weight excluding hydrogens is 493 g/mol. The van der Waals surface area contributed by atoms with Gasteiger partial charge in [-0.3, -0.25) is 9.11 Å². The van der Waals surface area contributed by atoms with Crippen LogP contribution < -0.4 is 4.90 Å². The number of rotatable bonds is 4. The minimum absolute atomic E-state index is 0.341. The number of allylic oxidation sites excluding steroid dienone is 1. The molecule has 3 aliphatic rings. The van der Waals surface area contributed by atoms with Crippen molar-refractivity contribution in [1.82, 2.24) is 19.9 Å². The molecule has 0 atom stereocenters. The Kier molecular flexibility index (Phi) is 5.75. The van der Waals surface area contributed by atoms with E-state index in [-0.39, 0.29) is 5.82 Å². The Bertz CT molecular complexity index is 1570. The number of halogens is 1. The highest BCUT2D eigenvalue weighted by Gasteiger charge is 2.26. The number of morpholine rings is 1. The van der Waals surface area contributed by atoms with Crippen LogP contribution in [0.3, 0.4) is 0 Å². The van der Waals surface area contributed by atoms with Gasteiger partial charge in [-0.05, 0) is 35.2 Å². The number of ether oxygens (including phenoxy) is 1. The van der Waals surface area contributed by atoms with Crippen molar-refractivity contribution in [1.29, 1.82) is 0 Å². The van der Waals surface area contributed by atoms with Gasteiger partial charge in [0.1, 0.15) is 11.3 Å². The van der Waals surface area contributed by atoms with Crippen molar-refractivity contribution in [3.63, 3.8) is 0 Å². The normalized spacial score (nSPS) is 18.8. The number of anilines is 1. The van der Waals surface area contributed by atoms with E-state index in [0.29, 0.717) is 78.4 Å². The predicted molar refractivity (Wildman–Crippen MR) is 141 cm³/mol. The smallest absolute Gasteiger partial charge is 0.229 e. The highest BCUT2D eigenvalue weighted by molar-refractivity contribution is 7.85. The predicted octanol–water partition coefficient (Wildman–Crippen LogP) is 3.55. The largest absolute Gasteiger partial charge is 0.432 e. The van der Waals surface area contributed by atoms with Crippen molar-refractivity contribution in [3.8, 4) is 11.4 Å². The molecule has 2 fully saturated rings. The molecule has 0 amide bonds. The maximum absolute atomic E-state index is 15.3. The number of hydrogen-bond acceptors (Lipinski definition) is 8. The van der Waals surface area contributed by atoms with Crippen LogP contribution in [0.25, 0.3) is 39.7 Å². The van der Waals surface area contributed by atoms with Crippen LogP contribution in [0.2, 0.25) is 0 Å². The van der Waals surface area contributed by atoms with E-state index in [1.165, 1.54) is 6.07 Å². The molecule has 190 valence electrons. The maximum Gasteiger partial charge on any atom is 0.229 e. The fourth-order valence-electron chi connectivity index (χ4n) is 5.37. The lowest BCUT2D eigenvalue weighted by molar-refractivity contribution is 0.122. The fourth-order valence-corrected chi connectivity index (χ4v) is 6.50. The first-order valence-electron chi connectivity index (χ1n) is 12.6. The average Bonchev–Trinajstić information content (AvgIpc) is 3.54. The van der Waals surface area contributed by atoms with Crippen molar-refractivity contribution in [2.24, 2.45) is 0 Å². The van der Waals surface area contributed by atoms with Crippen LogP contribution in [0.4, 0.5) is 10.2 Å². The van der Waals surface area contributed by atoms with Crippen molar-refractivity contribution in [2.45, 2.75) is 13.0 Å². The van der Waals surface area contributed by atoms with Gasteiger partial charge in [0.2, 0.25) is 5.71 Å². The third-order valence-corrected chi connectivity index (χ3v) is 8.60. The lowest BCUT2D eigenvalue weighted by Gasteiger charge is -2.28. The molecule has 4 aromatic rings. The quantitative estimate of drug-likeness (QED) is 0.405. The van der Waals surface area contributed by atoms with Crippen LogP contribution in [0.5, 0.6) is 0 Å². The molecule has 0 N–H and O–H groups in total. The fraction of sp³-hybridized carbons (Fsp3) is 0.370. The molecule has 0 spiro atoms. The molecule has 2 aliphatic heterocycles. The molecule has 1 aliphatic carbocycles. The number of pyridine rings is 1. The van der Waals surface area contributed by atoms with Crippen molar-refractivity contribution < 1.29 is 17.8 Å². The number of benzene rings is 1. The highest BCUT2D eigenvalue weighted by atomic mass is 32.2. The van der Waals surface area contributed by atoms with E-state index in [2.05, 4.69) is 20.9 Å². The maximum atomic E-state index is 15.3. The van der Waals surface area contributed by atoms with Crippen molar-refractivity contribution >= 4 is 44.9 Å². The summed E-state index contributed by atoms with van der Waals surface area (Å²) in [5.74, 6) is 2.05. The summed E-state index contributed by atoms with van der Waals surface area (Å²) in [6.45, 7) is 4.81. The van der Waals surface area contributed by atoms with E-state index in [0.717, 1.165) is 41.6 Å². The summed E-state index contributed by atoms with van der Waals surface area (Å²) < 4.78 is 38.8. The van der Waals surface area contributed by atoms with Gasteiger partial charge in [0.15, 0.2) is 17.2 Å². The Morgan fingerprint density at radius 1 is 1.08 bits per heavy atom. The summed E-state index contributed by atoms with van der Waals surface area (Å²) in [5, 5.41) is 0.787. The first kappa shape index (κ1) is 22.9. The Morgan fingerprint density at radius 2 is 1.92 bits per heavy atom. The average molecular weight is 520 g/mol. The summed E-state index contributed by atoms with van der Waals surface area (Å²) in [5.41, 5.74) is 5.03. The number of nitrogens with zero attached hydrogens (tertiary/aromatic N) is 5. The Balaban J connectivity index is 1.39. The van der Waals surface area contributed by atoms with Gasteiger partial charge in [0.25, 0.3) is 0 Å². The van der Waals surface area contributed by atoms with Crippen molar-refractivity contribution in [3.05, 3.63) is 53.0 Å². The summed E-state index contributed by atoms with van der Waals surface area (Å²) >= 11 is 0. The lowest BCUT2D eigenvalue weighted by Crippen LogP contribution is -2.37. The second kappa shape index (κ2) is 9.27. The molecule has 0 bridgehead atoms. The van der Waals surface area contributed by atoms with Gasteiger partial charge in [0, 0.05) is 61.2 Å².